The molecule has 0 bridgehead atoms. The molecule has 1 amide bonds. The third kappa shape index (κ3) is 2.96. The Morgan fingerprint density at radius 1 is 1.25 bits per heavy atom. The Labute approximate surface area is 151 Å². The van der Waals surface area contributed by atoms with Crippen LogP contribution in [0, 0.1) is 17.0 Å². The molecular formula is C16H10Cl2N2O3S. The van der Waals surface area contributed by atoms with Crippen molar-refractivity contribution in [3.8, 4) is 0 Å². The lowest BCUT2D eigenvalue weighted by Crippen LogP contribution is -2.10. The Hall–Kier alpha value is -2.15. The molecule has 122 valence electrons. The summed E-state index contributed by atoms with van der Waals surface area (Å²) in [4.78, 5) is 23.3. The topological polar surface area (TPSA) is 72.2 Å². The smallest absolute Gasteiger partial charge is 0.287 e. The van der Waals surface area contributed by atoms with Gasteiger partial charge in [-0.2, -0.15) is 0 Å². The number of nitro benzene ring substituents is 1. The molecule has 0 atom stereocenters. The Morgan fingerprint density at radius 3 is 2.67 bits per heavy atom. The molecule has 0 fully saturated rings. The first-order valence-corrected chi connectivity index (χ1v) is 8.38. The van der Waals surface area contributed by atoms with E-state index in [-0.39, 0.29) is 15.6 Å². The van der Waals surface area contributed by atoms with Crippen LogP contribution in [-0.2, 0) is 0 Å². The molecule has 8 heteroatoms. The Balaban J connectivity index is 2.01. The van der Waals surface area contributed by atoms with Crippen molar-refractivity contribution < 1.29 is 9.72 Å². The average molecular weight is 381 g/mol. The molecule has 0 unspecified atom stereocenters. The minimum Gasteiger partial charge on any atom is -0.321 e. The molecule has 0 spiro atoms. The van der Waals surface area contributed by atoms with Crippen molar-refractivity contribution in [3.63, 3.8) is 0 Å². The van der Waals surface area contributed by atoms with Gasteiger partial charge in [-0.3, -0.25) is 14.9 Å². The molecule has 2 aromatic carbocycles. The lowest BCUT2D eigenvalue weighted by molar-refractivity contribution is -0.382. The van der Waals surface area contributed by atoms with Gasteiger partial charge in [0.05, 0.1) is 9.95 Å². The molecule has 0 aliphatic carbocycles. The summed E-state index contributed by atoms with van der Waals surface area (Å²) >= 11 is 13.3. The van der Waals surface area contributed by atoms with Gasteiger partial charge in [-0.15, -0.1) is 11.3 Å². The first-order valence-electron chi connectivity index (χ1n) is 6.81. The minimum atomic E-state index is -0.489. The van der Waals surface area contributed by atoms with Crippen molar-refractivity contribution in [2.75, 3.05) is 5.32 Å². The van der Waals surface area contributed by atoms with Gasteiger partial charge in [-0.05, 0) is 24.6 Å². The highest BCUT2D eigenvalue weighted by molar-refractivity contribution is 7.22. The quantitative estimate of drug-likeness (QED) is 0.469. The van der Waals surface area contributed by atoms with Crippen LogP contribution in [0.4, 0.5) is 11.4 Å². The summed E-state index contributed by atoms with van der Waals surface area (Å²) in [6, 6.07) is 9.73. The number of nitrogens with zero attached hydrogens (tertiary/aromatic N) is 1. The SMILES string of the molecule is Cc1ccc(NC(=O)c2sc3c([N+](=O)[O-])cccc3c2Cl)cc1Cl. The third-order valence-corrected chi connectivity index (χ3v) is 5.61. The number of hydrogen-bond acceptors (Lipinski definition) is 4. The molecule has 0 radical (unpaired) electrons. The molecule has 1 aromatic heterocycles. The van der Waals surface area contributed by atoms with E-state index in [1.807, 2.05) is 6.92 Å². The van der Waals surface area contributed by atoms with E-state index in [4.69, 9.17) is 23.2 Å². The van der Waals surface area contributed by atoms with Crippen molar-refractivity contribution in [3.05, 3.63) is 67.0 Å². The van der Waals surface area contributed by atoms with Crippen LogP contribution in [0.5, 0.6) is 0 Å². The Bertz CT molecular complexity index is 985. The third-order valence-electron chi connectivity index (χ3n) is 3.47. The highest BCUT2D eigenvalue weighted by Crippen LogP contribution is 2.40. The van der Waals surface area contributed by atoms with Crippen LogP contribution in [0.15, 0.2) is 36.4 Å². The molecule has 24 heavy (non-hydrogen) atoms. The normalized spacial score (nSPS) is 10.8. The van der Waals surface area contributed by atoms with Crippen molar-refractivity contribution in [1.29, 1.82) is 0 Å². The van der Waals surface area contributed by atoms with Crippen LogP contribution in [-0.4, -0.2) is 10.8 Å². The molecule has 5 nitrogen and oxygen atoms in total. The molecule has 0 aliphatic rings. The van der Waals surface area contributed by atoms with Gasteiger partial charge in [-0.25, -0.2) is 0 Å². The second kappa shape index (κ2) is 6.39. The monoisotopic (exact) mass is 380 g/mol. The van der Waals surface area contributed by atoms with Gasteiger partial charge in [-0.1, -0.05) is 41.4 Å². The summed E-state index contributed by atoms with van der Waals surface area (Å²) in [5.41, 5.74) is 1.35. The number of hydrogen-bond donors (Lipinski definition) is 1. The fourth-order valence-electron chi connectivity index (χ4n) is 2.22. The summed E-state index contributed by atoms with van der Waals surface area (Å²) in [5.74, 6) is -0.435. The lowest BCUT2D eigenvalue weighted by atomic mass is 10.2. The van der Waals surface area contributed by atoms with Gasteiger partial charge in [0, 0.05) is 22.2 Å². The zero-order chi connectivity index (χ0) is 17.4. The minimum absolute atomic E-state index is 0.0724. The molecule has 3 rings (SSSR count). The van der Waals surface area contributed by atoms with Crippen molar-refractivity contribution >= 4 is 61.9 Å². The zero-order valence-corrected chi connectivity index (χ0v) is 14.6. The van der Waals surface area contributed by atoms with Gasteiger partial charge in [0.25, 0.3) is 11.6 Å². The number of fused-ring (bicyclic) bond motifs is 1. The van der Waals surface area contributed by atoms with E-state index >= 15 is 0 Å². The van der Waals surface area contributed by atoms with E-state index in [1.54, 1.807) is 30.3 Å². The van der Waals surface area contributed by atoms with Gasteiger partial charge < -0.3 is 5.32 Å². The highest BCUT2D eigenvalue weighted by Gasteiger charge is 2.22. The first-order chi connectivity index (χ1) is 11.4. The van der Waals surface area contributed by atoms with Crippen molar-refractivity contribution in [2.45, 2.75) is 6.92 Å². The van der Waals surface area contributed by atoms with Crippen LogP contribution >= 0.6 is 34.5 Å². The van der Waals surface area contributed by atoms with Gasteiger partial charge in [0.15, 0.2) is 0 Å². The fraction of sp³-hybridized carbons (Fsp3) is 0.0625. The maximum Gasteiger partial charge on any atom is 0.287 e. The van der Waals surface area contributed by atoms with Crippen LogP contribution in [0.1, 0.15) is 15.2 Å². The molecule has 1 N–H and O–H groups in total. The number of rotatable bonds is 3. The van der Waals surface area contributed by atoms with Crippen molar-refractivity contribution in [1.82, 2.24) is 0 Å². The number of aryl methyl sites for hydroxylation is 1. The average Bonchev–Trinajstić information content (AvgIpc) is 2.88. The largest absolute Gasteiger partial charge is 0.321 e. The molecule has 0 aliphatic heterocycles. The van der Waals surface area contributed by atoms with Crippen molar-refractivity contribution in [2.24, 2.45) is 0 Å². The number of non-ortho nitro benzene ring substituents is 1. The standard InChI is InChI=1S/C16H10Cl2N2O3S/c1-8-5-6-9(7-11(8)17)19-16(21)15-13(18)10-3-2-4-12(20(22)23)14(10)24-15/h2-7H,1H3,(H,19,21). The zero-order valence-electron chi connectivity index (χ0n) is 12.3. The number of nitrogens with one attached hydrogen (secondary N) is 1. The highest BCUT2D eigenvalue weighted by atomic mass is 35.5. The van der Waals surface area contributed by atoms with Gasteiger partial charge in [0.1, 0.15) is 9.58 Å². The van der Waals surface area contributed by atoms with E-state index in [1.165, 1.54) is 6.07 Å². The molecule has 3 aromatic rings. The van der Waals surface area contributed by atoms with E-state index in [9.17, 15) is 14.9 Å². The van der Waals surface area contributed by atoms with Crippen LogP contribution in [0.3, 0.4) is 0 Å². The number of halogens is 2. The number of carbonyl (C=O) groups excluding carboxylic acids is 1. The van der Waals surface area contributed by atoms with Crippen LogP contribution in [0.25, 0.3) is 10.1 Å². The number of carbonyl (C=O) groups is 1. The maximum absolute atomic E-state index is 12.5. The second-order valence-corrected chi connectivity index (χ2v) is 6.88. The molecular weight excluding hydrogens is 371 g/mol. The number of nitro groups is 1. The predicted molar refractivity (Wildman–Crippen MR) is 97.6 cm³/mol. The second-order valence-electron chi connectivity index (χ2n) is 5.07. The van der Waals surface area contributed by atoms with Gasteiger partial charge in [0.2, 0.25) is 0 Å². The van der Waals surface area contributed by atoms with Crippen LogP contribution < -0.4 is 5.32 Å². The number of anilines is 1. The fourth-order valence-corrected chi connectivity index (χ4v) is 3.89. The first kappa shape index (κ1) is 16.7. The van der Waals surface area contributed by atoms with E-state index in [2.05, 4.69) is 5.32 Å². The number of thiophene rings is 1. The molecule has 1 heterocycles. The maximum atomic E-state index is 12.5. The van der Waals surface area contributed by atoms with E-state index in [0.717, 1.165) is 16.9 Å². The van der Waals surface area contributed by atoms with Gasteiger partial charge >= 0.3 is 0 Å². The van der Waals surface area contributed by atoms with E-state index in [0.29, 0.717) is 20.8 Å². The summed E-state index contributed by atoms with van der Waals surface area (Å²) in [6.45, 7) is 1.86. The number of amides is 1. The predicted octanol–water partition coefficient (Wildman–Crippen LogP) is 5.68. The summed E-state index contributed by atoms with van der Waals surface area (Å²) in [5, 5.41) is 15.1. The Morgan fingerprint density at radius 2 is 2.00 bits per heavy atom. The van der Waals surface area contributed by atoms with E-state index < -0.39 is 10.8 Å². The summed E-state index contributed by atoms with van der Waals surface area (Å²) < 4.78 is 0.375. The summed E-state index contributed by atoms with van der Waals surface area (Å²) in [7, 11) is 0. The van der Waals surface area contributed by atoms with Crippen LogP contribution in [0.2, 0.25) is 10.0 Å². The molecule has 0 saturated carbocycles. The molecule has 0 saturated heterocycles. The summed E-state index contributed by atoms with van der Waals surface area (Å²) in [6.07, 6.45) is 0. The Kier molecular flexibility index (Phi) is 4.45. The lowest BCUT2D eigenvalue weighted by Gasteiger charge is -2.06. The number of benzene rings is 2.